The molecular formula is C9H5FO2. The van der Waals surface area contributed by atoms with Crippen LogP contribution in [0.1, 0.15) is 0 Å². The molecule has 0 saturated carbocycles. The molecule has 1 heterocycles. The van der Waals surface area contributed by atoms with E-state index >= 15 is 0 Å². The smallest absolute Gasteiger partial charge is 0.337 e. The zero-order chi connectivity index (χ0) is 8.55. The van der Waals surface area contributed by atoms with Crippen molar-refractivity contribution in [3.63, 3.8) is 0 Å². The summed E-state index contributed by atoms with van der Waals surface area (Å²) in [5.41, 5.74) is -0.292. The van der Waals surface area contributed by atoms with E-state index in [2.05, 4.69) is 0 Å². The highest BCUT2D eigenvalue weighted by Gasteiger charge is 2.10. The standard InChI is InChI=1S/C9H5FO2/c10-7-3-1-2-4-8-6(7)5-9(11)12-8/h1-5H. The van der Waals surface area contributed by atoms with Crippen molar-refractivity contribution >= 4 is 0 Å². The third-order valence-electron chi connectivity index (χ3n) is 1.60. The summed E-state index contributed by atoms with van der Waals surface area (Å²) in [5, 5.41) is 0. The quantitative estimate of drug-likeness (QED) is 0.595. The molecule has 0 spiro atoms. The average molecular weight is 164 g/mol. The summed E-state index contributed by atoms with van der Waals surface area (Å²) in [6, 6.07) is 7.16. The number of rotatable bonds is 0. The van der Waals surface area contributed by atoms with Crippen LogP contribution in [-0.2, 0) is 0 Å². The summed E-state index contributed by atoms with van der Waals surface area (Å²) < 4.78 is 17.8. The molecule has 0 radical (unpaired) electrons. The van der Waals surface area contributed by atoms with Crippen molar-refractivity contribution in [2.75, 3.05) is 0 Å². The van der Waals surface area contributed by atoms with Gasteiger partial charge in [-0.15, -0.1) is 0 Å². The highest BCUT2D eigenvalue weighted by Crippen LogP contribution is 2.21. The van der Waals surface area contributed by atoms with Crippen molar-refractivity contribution in [3.05, 3.63) is 46.6 Å². The minimum Gasteiger partial charge on any atom is -0.423 e. The van der Waals surface area contributed by atoms with Gasteiger partial charge in [0.1, 0.15) is 11.6 Å². The predicted molar refractivity (Wildman–Crippen MR) is 41.6 cm³/mol. The monoisotopic (exact) mass is 164 g/mol. The van der Waals surface area contributed by atoms with E-state index in [0.717, 1.165) is 6.07 Å². The summed E-state index contributed by atoms with van der Waals surface area (Å²) >= 11 is 0. The maximum absolute atomic E-state index is 13.0. The van der Waals surface area contributed by atoms with Crippen molar-refractivity contribution in [2.45, 2.75) is 0 Å². The van der Waals surface area contributed by atoms with Crippen LogP contribution >= 0.6 is 0 Å². The molecule has 2 aliphatic rings. The van der Waals surface area contributed by atoms with Gasteiger partial charge >= 0.3 is 5.63 Å². The second kappa shape index (κ2) is 2.44. The average Bonchev–Trinajstić information content (AvgIpc) is 2.33. The van der Waals surface area contributed by atoms with Gasteiger partial charge in [-0.1, -0.05) is 12.1 Å². The van der Waals surface area contributed by atoms with Gasteiger partial charge in [0.25, 0.3) is 0 Å². The zero-order valence-corrected chi connectivity index (χ0v) is 6.08. The van der Waals surface area contributed by atoms with E-state index in [0.29, 0.717) is 0 Å². The number of hydrogen-bond donors (Lipinski definition) is 0. The zero-order valence-electron chi connectivity index (χ0n) is 6.08. The Labute approximate surface area is 67.6 Å². The Hall–Kier alpha value is -1.64. The molecule has 2 rings (SSSR count). The Morgan fingerprint density at radius 2 is 2.00 bits per heavy atom. The largest absolute Gasteiger partial charge is 0.423 e. The molecule has 2 nitrogen and oxygen atoms in total. The Balaban J connectivity index is 2.87. The Morgan fingerprint density at radius 1 is 1.25 bits per heavy atom. The first-order chi connectivity index (χ1) is 5.77. The van der Waals surface area contributed by atoms with Crippen LogP contribution in [0.4, 0.5) is 4.39 Å². The molecule has 12 heavy (non-hydrogen) atoms. The highest BCUT2D eigenvalue weighted by molar-refractivity contribution is 5.58. The van der Waals surface area contributed by atoms with Crippen LogP contribution in [0.2, 0.25) is 0 Å². The summed E-state index contributed by atoms with van der Waals surface area (Å²) in [6.45, 7) is 0. The lowest BCUT2D eigenvalue weighted by Crippen LogP contribution is -1.84. The number of hydrogen-bond acceptors (Lipinski definition) is 2. The summed E-state index contributed by atoms with van der Waals surface area (Å²) in [4.78, 5) is 10.7. The van der Waals surface area contributed by atoms with Gasteiger partial charge in [0.2, 0.25) is 0 Å². The maximum atomic E-state index is 13.0. The first kappa shape index (κ1) is 7.03. The molecule has 0 unspecified atom stereocenters. The molecule has 0 N–H and O–H groups in total. The van der Waals surface area contributed by atoms with E-state index in [-0.39, 0.29) is 11.3 Å². The lowest BCUT2D eigenvalue weighted by Gasteiger charge is -1.86. The van der Waals surface area contributed by atoms with Crippen molar-refractivity contribution < 1.29 is 8.81 Å². The minimum absolute atomic E-state index is 0.227. The fraction of sp³-hybridized carbons (Fsp3) is 0. The van der Waals surface area contributed by atoms with Gasteiger partial charge in [0.15, 0.2) is 0 Å². The maximum Gasteiger partial charge on any atom is 0.337 e. The normalized spacial score (nSPS) is 10.4. The van der Waals surface area contributed by atoms with Crippen molar-refractivity contribution in [1.82, 2.24) is 0 Å². The molecule has 0 atom stereocenters. The Kier molecular flexibility index (Phi) is 1.43. The molecule has 0 saturated heterocycles. The van der Waals surface area contributed by atoms with E-state index < -0.39 is 11.4 Å². The third kappa shape index (κ3) is 0.993. The van der Waals surface area contributed by atoms with Gasteiger partial charge in [-0.2, -0.15) is 0 Å². The lowest BCUT2D eigenvalue weighted by molar-refractivity contribution is 0.542. The fourth-order valence-electron chi connectivity index (χ4n) is 1.07. The van der Waals surface area contributed by atoms with Gasteiger partial charge in [-0.25, -0.2) is 9.18 Å². The van der Waals surface area contributed by atoms with E-state index in [1.54, 1.807) is 18.2 Å². The molecule has 3 heteroatoms. The molecule has 1 aliphatic heterocycles. The van der Waals surface area contributed by atoms with Gasteiger partial charge in [-0.05, 0) is 12.1 Å². The van der Waals surface area contributed by atoms with Crippen LogP contribution in [-0.4, -0.2) is 0 Å². The van der Waals surface area contributed by atoms with Crippen molar-refractivity contribution in [3.8, 4) is 11.3 Å². The van der Waals surface area contributed by atoms with Gasteiger partial charge < -0.3 is 4.42 Å². The van der Waals surface area contributed by atoms with Crippen LogP contribution in [0, 0.1) is 5.82 Å². The summed E-state index contributed by atoms with van der Waals surface area (Å²) in [6.07, 6.45) is 0. The molecular weight excluding hydrogens is 159 g/mol. The van der Waals surface area contributed by atoms with E-state index in [1.165, 1.54) is 6.07 Å². The molecule has 0 aromatic heterocycles. The van der Waals surface area contributed by atoms with E-state index in [4.69, 9.17) is 4.42 Å². The highest BCUT2D eigenvalue weighted by atomic mass is 19.1. The number of fused-ring (bicyclic) bond motifs is 1. The Bertz CT molecular complexity index is 433. The molecule has 0 aromatic carbocycles. The van der Waals surface area contributed by atoms with Crippen LogP contribution in [0.3, 0.4) is 0 Å². The predicted octanol–water partition coefficient (Wildman–Crippen LogP) is 1.88. The molecule has 0 aromatic rings. The third-order valence-corrected chi connectivity index (χ3v) is 1.60. The fourth-order valence-corrected chi connectivity index (χ4v) is 1.07. The number of furan rings is 1. The van der Waals surface area contributed by atoms with Gasteiger partial charge in [0, 0.05) is 6.07 Å². The second-order valence-electron chi connectivity index (χ2n) is 2.41. The molecule has 60 valence electrons. The van der Waals surface area contributed by atoms with Crippen LogP contribution in [0.15, 0.2) is 39.5 Å². The molecule has 0 amide bonds. The van der Waals surface area contributed by atoms with Gasteiger partial charge in [0.05, 0.1) is 5.56 Å². The van der Waals surface area contributed by atoms with Crippen molar-refractivity contribution in [2.24, 2.45) is 0 Å². The topological polar surface area (TPSA) is 30.2 Å². The lowest BCUT2D eigenvalue weighted by atomic mass is 10.2. The second-order valence-corrected chi connectivity index (χ2v) is 2.41. The SMILES string of the molecule is O=c1cc2c(F)ccccc-2o1. The molecule has 0 fully saturated rings. The first-order valence-corrected chi connectivity index (χ1v) is 3.46. The van der Waals surface area contributed by atoms with Crippen LogP contribution in [0.5, 0.6) is 0 Å². The van der Waals surface area contributed by atoms with Gasteiger partial charge in [-0.3, -0.25) is 0 Å². The first-order valence-electron chi connectivity index (χ1n) is 3.46. The van der Waals surface area contributed by atoms with Crippen LogP contribution in [0.25, 0.3) is 11.3 Å². The van der Waals surface area contributed by atoms with Crippen molar-refractivity contribution in [1.29, 1.82) is 0 Å². The summed E-state index contributed by atoms with van der Waals surface area (Å²) in [5.74, 6) is -0.164. The summed E-state index contributed by atoms with van der Waals surface area (Å²) in [7, 11) is 0. The minimum atomic E-state index is -0.518. The van der Waals surface area contributed by atoms with E-state index in [1.807, 2.05) is 0 Å². The number of halogens is 1. The van der Waals surface area contributed by atoms with Crippen LogP contribution < -0.4 is 5.63 Å². The molecule has 0 bridgehead atoms. The molecule has 1 aliphatic carbocycles. The van der Waals surface area contributed by atoms with E-state index in [9.17, 15) is 9.18 Å². The Morgan fingerprint density at radius 3 is 2.83 bits per heavy atom.